The topological polar surface area (TPSA) is 0 Å². The minimum Gasteiger partial charge on any atom is -0.0619 e. The lowest BCUT2D eigenvalue weighted by molar-refractivity contribution is 0.660. The second kappa shape index (κ2) is 6.71. The highest BCUT2D eigenvalue weighted by atomic mass is 14.4. The molecule has 0 aromatic heterocycles. The third-order valence-corrected chi connectivity index (χ3v) is 9.43. The normalized spacial score (nSPS) is 14.4. The van der Waals surface area contributed by atoms with Gasteiger partial charge < -0.3 is 0 Å². The van der Waals surface area contributed by atoms with Crippen LogP contribution in [0.3, 0.4) is 0 Å². The first-order chi connectivity index (χ1) is 18.5. The molecule has 2 aliphatic rings. The maximum atomic E-state index is 2.50. The van der Waals surface area contributed by atoms with E-state index in [1.807, 2.05) is 0 Å². The number of fused-ring (bicyclic) bond motifs is 6. The molecule has 9 rings (SSSR count). The van der Waals surface area contributed by atoms with Gasteiger partial charge in [0, 0.05) is 5.41 Å². The number of benzene rings is 7. The van der Waals surface area contributed by atoms with Crippen molar-refractivity contribution >= 4 is 32.3 Å². The Labute approximate surface area is 222 Å². The van der Waals surface area contributed by atoms with Crippen molar-refractivity contribution in [2.24, 2.45) is 0 Å². The van der Waals surface area contributed by atoms with Gasteiger partial charge in [0.1, 0.15) is 0 Å². The summed E-state index contributed by atoms with van der Waals surface area (Å²) in [7, 11) is 0. The molecule has 0 atom stereocenters. The lowest BCUT2D eigenvalue weighted by atomic mass is 9.81. The molecule has 0 amide bonds. The fourth-order valence-electron chi connectivity index (χ4n) is 7.53. The predicted molar refractivity (Wildman–Crippen MR) is 162 cm³/mol. The second-order valence-corrected chi connectivity index (χ2v) is 11.8. The van der Waals surface area contributed by atoms with Crippen molar-refractivity contribution < 1.29 is 0 Å². The van der Waals surface area contributed by atoms with E-state index in [1.54, 1.807) is 0 Å². The fourth-order valence-corrected chi connectivity index (χ4v) is 7.53. The zero-order valence-corrected chi connectivity index (χ0v) is 21.8. The van der Waals surface area contributed by atoms with Gasteiger partial charge >= 0.3 is 0 Å². The number of hydrogen-bond acceptors (Lipinski definition) is 0. The molecule has 38 heavy (non-hydrogen) atoms. The Morgan fingerprint density at radius 3 is 2.05 bits per heavy atom. The molecule has 0 heterocycles. The lowest BCUT2D eigenvalue weighted by Gasteiger charge is -2.22. The molecular weight excluding hydrogens is 456 g/mol. The van der Waals surface area contributed by atoms with Crippen LogP contribution in [0, 0.1) is 6.92 Å². The van der Waals surface area contributed by atoms with E-state index in [4.69, 9.17) is 0 Å². The Hall–Kier alpha value is -4.42. The average Bonchev–Trinajstić information content (AvgIpc) is 3.37. The second-order valence-electron chi connectivity index (χ2n) is 11.8. The summed E-state index contributed by atoms with van der Waals surface area (Å²) in [5, 5.41) is 8.23. The molecule has 0 fully saturated rings. The van der Waals surface area contributed by atoms with Crippen molar-refractivity contribution in [3.8, 4) is 44.5 Å². The minimum atomic E-state index is 0.00375. The van der Waals surface area contributed by atoms with Gasteiger partial charge in [-0.05, 0) is 113 Å². The van der Waals surface area contributed by atoms with E-state index in [9.17, 15) is 0 Å². The maximum absolute atomic E-state index is 2.50. The van der Waals surface area contributed by atoms with Gasteiger partial charge in [0.05, 0.1) is 0 Å². The van der Waals surface area contributed by atoms with Gasteiger partial charge in [0.15, 0.2) is 0 Å². The Balaban J connectivity index is 1.38. The Morgan fingerprint density at radius 1 is 0.447 bits per heavy atom. The van der Waals surface area contributed by atoms with Crippen LogP contribution in [-0.2, 0) is 5.41 Å². The van der Waals surface area contributed by atoms with Crippen molar-refractivity contribution in [3.63, 3.8) is 0 Å². The molecule has 0 radical (unpaired) electrons. The van der Waals surface area contributed by atoms with Gasteiger partial charge in [0.25, 0.3) is 0 Å². The number of aryl methyl sites for hydroxylation is 1. The van der Waals surface area contributed by atoms with Crippen LogP contribution in [0.15, 0.2) is 103 Å². The highest BCUT2D eigenvalue weighted by molar-refractivity contribution is 6.33. The summed E-state index contributed by atoms with van der Waals surface area (Å²) in [6.45, 7) is 6.90. The summed E-state index contributed by atoms with van der Waals surface area (Å²) in [5.41, 5.74) is 15.1. The average molecular weight is 483 g/mol. The van der Waals surface area contributed by atoms with E-state index >= 15 is 0 Å². The largest absolute Gasteiger partial charge is 0.0619 e. The smallest absolute Gasteiger partial charge is 0.0159 e. The minimum absolute atomic E-state index is 0.00375. The molecule has 0 N–H and O–H groups in total. The summed E-state index contributed by atoms with van der Waals surface area (Å²) in [5.74, 6) is 0. The van der Waals surface area contributed by atoms with Crippen LogP contribution in [0.5, 0.6) is 0 Å². The highest BCUT2D eigenvalue weighted by Gasteiger charge is 2.37. The molecule has 0 spiro atoms. The molecule has 7 aromatic rings. The van der Waals surface area contributed by atoms with Gasteiger partial charge in [-0.15, -0.1) is 0 Å². The number of rotatable bonds is 1. The Bertz CT molecular complexity index is 2140. The van der Waals surface area contributed by atoms with Crippen molar-refractivity contribution in [1.82, 2.24) is 0 Å². The highest BCUT2D eigenvalue weighted by Crippen LogP contribution is 2.57. The van der Waals surface area contributed by atoms with Gasteiger partial charge in [0.2, 0.25) is 0 Å². The monoisotopic (exact) mass is 482 g/mol. The molecule has 0 saturated heterocycles. The van der Waals surface area contributed by atoms with E-state index < -0.39 is 0 Å². The van der Waals surface area contributed by atoms with Crippen LogP contribution in [0.2, 0.25) is 0 Å². The van der Waals surface area contributed by atoms with Gasteiger partial charge in [-0.3, -0.25) is 0 Å². The summed E-state index contributed by atoms with van der Waals surface area (Å²) in [6.07, 6.45) is 0. The van der Waals surface area contributed by atoms with E-state index in [-0.39, 0.29) is 5.41 Å². The molecule has 0 saturated carbocycles. The van der Waals surface area contributed by atoms with Crippen molar-refractivity contribution in [2.75, 3.05) is 0 Å². The van der Waals surface area contributed by atoms with Crippen molar-refractivity contribution in [2.45, 2.75) is 26.2 Å². The molecule has 0 heteroatoms. The fraction of sp³-hybridized carbons (Fsp3) is 0.105. The lowest BCUT2D eigenvalue weighted by Crippen LogP contribution is -2.14. The van der Waals surface area contributed by atoms with Crippen LogP contribution in [0.1, 0.15) is 30.5 Å². The molecule has 7 aromatic carbocycles. The Morgan fingerprint density at radius 2 is 1.18 bits per heavy atom. The molecule has 0 bridgehead atoms. The first kappa shape index (κ1) is 20.6. The zero-order chi connectivity index (χ0) is 25.3. The van der Waals surface area contributed by atoms with Gasteiger partial charge in [-0.25, -0.2) is 0 Å². The van der Waals surface area contributed by atoms with E-state index in [0.717, 1.165) is 0 Å². The predicted octanol–water partition coefficient (Wildman–Crippen LogP) is 10.5. The molecule has 0 unspecified atom stereocenters. The van der Waals surface area contributed by atoms with E-state index in [2.05, 4.69) is 124 Å². The first-order valence-electron chi connectivity index (χ1n) is 13.6. The van der Waals surface area contributed by atoms with E-state index in [0.29, 0.717) is 0 Å². The summed E-state index contributed by atoms with van der Waals surface area (Å²) >= 11 is 0. The van der Waals surface area contributed by atoms with Gasteiger partial charge in [-0.2, -0.15) is 0 Å². The summed E-state index contributed by atoms with van der Waals surface area (Å²) < 4.78 is 0. The van der Waals surface area contributed by atoms with Gasteiger partial charge in [-0.1, -0.05) is 104 Å². The van der Waals surface area contributed by atoms with Crippen LogP contribution in [-0.4, -0.2) is 0 Å². The molecule has 2 aliphatic carbocycles. The maximum Gasteiger partial charge on any atom is 0.0159 e. The third-order valence-electron chi connectivity index (χ3n) is 9.43. The van der Waals surface area contributed by atoms with Crippen LogP contribution in [0.25, 0.3) is 76.8 Å². The zero-order valence-electron chi connectivity index (χ0n) is 21.8. The molecular formula is C38H26. The van der Waals surface area contributed by atoms with Crippen LogP contribution >= 0.6 is 0 Å². The molecule has 0 nitrogen and oxygen atoms in total. The third kappa shape index (κ3) is 2.37. The van der Waals surface area contributed by atoms with Crippen LogP contribution < -0.4 is 0 Å². The summed E-state index contributed by atoms with van der Waals surface area (Å²) in [4.78, 5) is 0. The molecule has 178 valence electrons. The van der Waals surface area contributed by atoms with Crippen LogP contribution in [0.4, 0.5) is 0 Å². The van der Waals surface area contributed by atoms with Crippen molar-refractivity contribution in [3.05, 3.63) is 120 Å². The quantitative estimate of drug-likeness (QED) is 0.204. The number of hydrogen-bond donors (Lipinski definition) is 0. The van der Waals surface area contributed by atoms with Crippen molar-refractivity contribution in [1.29, 1.82) is 0 Å². The van der Waals surface area contributed by atoms with E-state index in [1.165, 1.54) is 93.5 Å². The first-order valence-corrected chi connectivity index (χ1v) is 13.6. The SMILES string of the molecule is Cc1ccc(-c2ccc3cc4c5c(ccc6ccc2c3c65)-c2cc3c(cc2-4)-c2ccccc2C3(C)C)cc1. The Kier molecular flexibility index (Phi) is 3.64. The summed E-state index contributed by atoms with van der Waals surface area (Å²) in [6, 6.07) is 39.4. The standard InChI is InChI=1S/C38H26/c1-21-8-10-22(11-9-21)25-15-14-24-18-32-29-19-31-26-6-4-5-7-33(26)38(2,3)34(31)20-30(29)28-17-13-23-12-16-27(25)35(24)36(23)37(28)32/h4-20H,1-3H3. The molecule has 0 aliphatic heterocycles.